The number of benzene rings is 1. The fourth-order valence-corrected chi connectivity index (χ4v) is 5.29. The number of hydrogen-bond acceptors (Lipinski definition) is 4. The fraction of sp³-hybridized carbons (Fsp3) is 0.600. The van der Waals surface area contributed by atoms with Crippen molar-refractivity contribution in [1.82, 2.24) is 4.31 Å². The van der Waals surface area contributed by atoms with E-state index in [1.165, 1.54) is 11.4 Å². The van der Waals surface area contributed by atoms with Gasteiger partial charge in [0, 0.05) is 19.0 Å². The predicted molar refractivity (Wildman–Crippen MR) is 78.7 cm³/mol. The van der Waals surface area contributed by atoms with Crippen LogP contribution in [0.25, 0.3) is 0 Å². The molecule has 1 aliphatic heterocycles. The number of aliphatic hydroxyl groups excluding tert-OH is 1. The molecular formula is C15H21NO4S. The number of nitrogens with zero attached hydrogens (tertiary/aromatic N) is 1. The smallest absolute Gasteiger partial charge is 0.246 e. The van der Waals surface area contributed by atoms with E-state index < -0.39 is 10.0 Å². The maximum atomic E-state index is 12.9. The van der Waals surface area contributed by atoms with Gasteiger partial charge in [-0.15, -0.1) is 0 Å². The van der Waals surface area contributed by atoms with E-state index in [4.69, 9.17) is 4.74 Å². The molecule has 0 bridgehead atoms. The first-order chi connectivity index (χ1) is 9.93. The lowest BCUT2D eigenvalue weighted by Crippen LogP contribution is -2.31. The molecule has 21 heavy (non-hydrogen) atoms. The van der Waals surface area contributed by atoms with Crippen LogP contribution in [0.5, 0.6) is 5.75 Å². The molecule has 2 aliphatic rings. The number of ether oxygens (including phenoxy) is 1. The molecule has 0 amide bonds. The van der Waals surface area contributed by atoms with Crippen LogP contribution >= 0.6 is 0 Å². The van der Waals surface area contributed by atoms with Crippen molar-refractivity contribution in [1.29, 1.82) is 0 Å². The maximum Gasteiger partial charge on any atom is 0.246 e. The van der Waals surface area contributed by atoms with Gasteiger partial charge in [0.05, 0.1) is 13.2 Å². The van der Waals surface area contributed by atoms with Crippen LogP contribution in [-0.2, 0) is 10.0 Å². The number of methoxy groups -OCH3 is 1. The Morgan fingerprint density at radius 1 is 1.29 bits per heavy atom. The van der Waals surface area contributed by atoms with E-state index in [2.05, 4.69) is 0 Å². The lowest BCUT2D eigenvalue weighted by Gasteiger charge is -2.20. The van der Waals surface area contributed by atoms with Crippen molar-refractivity contribution in [3.8, 4) is 5.75 Å². The molecule has 1 aromatic rings. The highest BCUT2D eigenvalue weighted by molar-refractivity contribution is 7.89. The molecule has 3 atom stereocenters. The summed E-state index contributed by atoms with van der Waals surface area (Å²) < 4.78 is 32.4. The van der Waals surface area contributed by atoms with Crippen LogP contribution in [0, 0.1) is 18.8 Å². The maximum absolute atomic E-state index is 12.9. The minimum atomic E-state index is -3.57. The van der Waals surface area contributed by atoms with Crippen molar-refractivity contribution in [3.05, 3.63) is 23.8 Å². The predicted octanol–water partition coefficient (Wildman–Crippen LogP) is 1.40. The molecule has 3 rings (SSSR count). The first-order valence-electron chi connectivity index (χ1n) is 7.26. The topological polar surface area (TPSA) is 66.8 Å². The van der Waals surface area contributed by atoms with Crippen LogP contribution in [-0.4, -0.2) is 44.1 Å². The highest BCUT2D eigenvalue weighted by Gasteiger charge is 2.46. The molecule has 1 saturated carbocycles. The molecule has 1 heterocycles. The van der Waals surface area contributed by atoms with Gasteiger partial charge in [-0.1, -0.05) is 6.07 Å². The Kier molecular flexibility index (Phi) is 3.71. The minimum Gasteiger partial charge on any atom is -0.495 e. The van der Waals surface area contributed by atoms with Crippen LogP contribution in [0.15, 0.2) is 23.1 Å². The Morgan fingerprint density at radius 2 is 2.05 bits per heavy atom. The summed E-state index contributed by atoms with van der Waals surface area (Å²) in [4.78, 5) is 0.222. The third kappa shape index (κ3) is 2.45. The second-order valence-corrected chi connectivity index (χ2v) is 7.95. The van der Waals surface area contributed by atoms with Crippen LogP contribution in [0.2, 0.25) is 0 Å². The van der Waals surface area contributed by atoms with E-state index in [1.54, 1.807) is 12.1 Å². The number of sulfonamides is 1. The van der Waals surface area contributed by atoms with Gasteiger partial charge >= 0.3 is 0 Å². The van der Waals surface area contributed by atoms with Crippen LogP contribution in [0.4, 0.5) is 0 Å². The summed E-state index contributed by atoms with van der Waals surface area (Å²) in [6.45, 7) is 2.77. The van der Waals surface area contributed by atoms with E-state index >= 15 is 0 Å². The highest BCUT2D eigenvalue weighted by Crippen LogP contribution is 2.41. The summed E-state index contributed by atoms with van der Waals surface area (Å²) in [5.74, 6) is 0.736. The molecule has 6 heteroatoms. The van der Waals surface area contributed by atoms with Crippen molar-refractivity contribution < 1.29 is 18.3 Å². The lowest BCUT2D eigenvalue weighted by molar-refractivity contribution is 0.129. The Labute approximate surface area is 125 Å². The zero-order chi connectivity index (χ0) is 15.2. The first kappa shape index (κ1) is 14.8. The number of rotatable bonds is 3. The van der Waals surface area contributed by atoms with Crippen molar-refractivity contribution in [3.63, 3.8) is 0 Å². The van der Waals surface area contributed by atoms with E-state index in [1.807, 2.05) is 13.0 Å². The summed E-state index contributed by atoms with van der Waals surface area (Å²) in [6.07, 6.45) is 1.33. The molecular weight excluding hydrogens is 290 g/mol. The first-order valence-corrected chi connectivity index (χ1v) is 8.70. The molecule has 3 unspecified atom stereocenters. The third-order valence-electron chi connectivity index (χ3n) is 4.72. The summed E-state index contributed by atoms with van der Waals surface area (Å²) in [6, 6.07) is 5.17. The van der Waals surface area contributed by atoms with Gasteiger partial charge < -0.3 is 9.84 Å². The SMILES string of the molecule is COc1ccc(C)cc1S(=O)(=O)N1CC2CCC(O)C2C1. The lowest BCUT2D eigenvalue weighted by atomic mass is 10.00. The molecule has 1 aromatic carbocycles. The van der Waals surface area contributed by atoms with Gasteiger partial charge in [-0.05, 0) is 43.4 Å². The van der Waals surface area contributed by atoms with E-state index in [0.717, 1.165) is 18.4 Å². The standard InChI is InChI=1S/C15H21NO4S/c1-10-3-6-14(20-2)15(7-10)21(18,19)16-8-11-4-5-13(17)12(11)9-16/h3,6-7,11-13,17H,4-5,8-9H2,1-2H3. The van der Waals surface area contributed by atoms with Gasteiger partial charge in [0.1, 0.15) is 10.6 Å². The number of aliphatic hydroxyl groups is 1. The van der Waals surface area contributed by atoms with Crippen LogP contribution in [0.3, 0.4) is 0 Å². The normalized spacial score (nSPS) is 29.6. The van der Waals surface area contributed by atoms with Gasteiger partial charge in [0.15, 0.2) is 0 Å². The summed E-state index contributed by atoms with van der Waals surface area (Å²) in [5.41, 5.74) is 0.883. The monoisotopic (exact) mass is 311 g/mol. The zero-order valence-electron chi connectivity index (χ0n) is 12.3. The molecule has 1 saturated heterocycles. The van der Waals surface area contributed by atoms with Crippen molar-refractivity contribution >= 4 is 10.0 Å². The molecule has 2 fully saturated rings. The quantitative estimate of drug-likeness (QED) is 0.916. The average molecular weight is 311 g/mol. The Balaban J connectivity index is 1.93. The van der Waals surface area contributed by atoms with Crippen molar-refractivity contribution in [2.45, 2.75) is 30.8 Å². The third-order valence-corrected chi connectivity index (χ3v) is 6.58. The summed E-state index contributed by atoms with van der Waals surface area (Å²) >= 11 is 0. The van der Waals surface area contributed by atoms with Crippen LogP contribution in [0.1, 0.15) is 18.4 Å². The molecule has 116 valence electrons. The molecule has 0 aromatic heterocycles. The highest BCUT2D eigenvalue weighted by atomic mass is 32.2. The zero-order valence-corrected chi connectivity index (χ0v) is 13.1. The van der Waals surface area contributed by atoms with Gasteiger partial charge in [-0.3, -0.25) is 0 Å². The molecule has 0 radical (unpaired) electrons. The largest absolute Gasteiger partial charge is 0.495 e. The Bertz CT molecular complexity index is 643. The van der Waals surface area contributed by atoms with Gasteiger partial charge in [0.2, 0.25) is 10.0 Å². The fourth-order valence-electron chi connectivity index (χ4n) is 3.52. The number of hydrogen-bond donors (Lipinski definition) is 1. The Hall–Kier alpha value is -1.11. The number of fused-ring (bicyclic) bond motifs is 1. The second kappa shape index (κ2) is 5.26. The summed E-state index contributed by atoms with van der Waals surface area (Å²) in [7, 11) is -2.09. The molecule has 5 nitrogen and oxygen atoms in total. The van der Waals surface area contributed by atoms with Gasteiger partial charge in [-0.2, -0.15) is 4.31 Å². The molecule has 1 aliphatic carbocycles. The van der Waals surface area contributed by atoms with E-state index in [-0.39, 0.29) is 22.8 Å². The molecule has 0 spiro atoms. The minimum absolute atomic E-state index is 0.0792. The van der Waals surface area contributed by atoms with Crippen LogP contribution < -0.4 is 4.74 Å². The van der Waals surface area contributed by atoms with Gasteiger partial charge in [0.25, 0.3) is 0 Å². The van der Waals surface area contributed by atoms with E-state index in [9.17, 15) is 13.5 Å². The van der Waals surface area contributed by atoms with E-state index in [0.29, 0.717) is 18.8 Å². The van der Waals surface area contributed by atoms with Gasteiger partial charge in [-0.25, -0.2) is 8.42 Å². The average Bonchev–Trinajstić information content (AvgIpc) is 3.02. The van der Waals surface area contributed by atoms with Crippen molar-refractivity contribution in [2.75, 3.05) is 20.2 Å². The molecule has 1 N–H and O–H groups in total. The second-order valence-electron chi connectivity index (χ2n) is 6.04. The Morgan fingerprint density at radius 3 is 2.71 bits per heavy atom. The van der Waals surface area contributed by atoms with Crippen molar-refractivity contribution in [2.24, 2.45) is 11.8 Å². The summed E-state index contributed by atoms with van der Waals surface area (Å²) in [5, 5.41) is 9.95. The number of aryl methyl sites for hydroxylation is 1.